The number of hydrogen-bond acceptors (Lipinski definition) is 3. The molecule has 6 nitrogen and oxygen atoms in total. The summed E-state index contributed by atoms with van der Waals surface area (Å²) < 4.78 is 1.84. The second kappa shape index (κ2) is 6.26. The number of urea groups is 1. The number of hydrogen-bond donors (Lipinski definition) is 3. The molecular formula is C14H26N4O2. The highest BCUT2D eigenvalue weighted by atomic mass is 16.3. The van der Waals surface area contributed by atoms with E-state index in [0.717, 1.165) is 23.6 Å². The number of aryl methyl sites for hydroxylation is 2. The minimum absolute atomic E-state index is 0.0640. The molecule has 20 heavy (non-hydrogen) atoms. The van der Waals surface area contributed by atoms with E-state index in [9.17, 15) is 9.90 Å². The standard InChI is InChI=1S/C14H26N4O2/c1-7-18-11(5)12(10(4)17-18)16-13(19)15-8-14(6,20)9(2)3/h9,20H,7-8H2,1-6H3,(H2,15,16,19). The summed E-state index contributed by atoms with van der Waals surface area (Å²) in [7, 11) is 0. The van der Waals surface area contributed by atoms with Crippen molar-refractivity contribution in [3.63, 3.8) is 0 Å². The fourth-order valence-corrected chi connectivity index (χ4v) is 1.81. The van der Waals surface area contributed by atoms with E-state index in [1.54, 1.807) is 6.92 Å². The highest BCUT2D eigenvalue weighted by Gasteiger charge is 2.25. The van der Waals surface area contributed by atoms with Crippen LogP contribution in [-0.2, 0) is 6.54 Å². The number of nitrogens with zero attached hydrogens (tertiary/aromatic N) is 2. The maximum absolute atomic E-state index is 11.9. The van der Waals surface area contributed by atoms with Gasteiger partial charge in [-0.1, -0.05) is 13.8 Å². The summed E-state index contributed by atoms with van der Waals surface area (Å²) in [5.41, 5.74) is 1.52. The zero-order chi connectivity index (χ0) is 15.5. The van der Waals surface area contributed by atoms with E-state index in [1.807, 2.05) is 39.3 Å². The molecule has 1 unspecified atom stereocenters. The lowest BCUT2D eigenvalue weighted by atomic mass is 9.93. The SMILES string of the molecule is CCn1nc(C)c(NC(=O)NCC(C)(O)C(C)C)c1C. The maximum atomic E-state index is 11.9. The van der Waals surface area contributed by atoms with Crippen LogP contribution in [0.3, 0.4) is 0 Å². The fourth-order valence-electron chi connectivity index (χ4n) is 1.81. The van der Waals surface area contributed by atoms with E-state index in [-0.39, 0.29) is 18.5 Å². The molecule has 1 aromatic heterocycles. The predicted molar refractivity (Wildman–Crippen MR) is 79.9 cm³/mol. The number of aliphatic hydroxyl groups is 1. The molecule has 0 radical (unpaired) electrons. The number of nitrogens with one attached hydrogen (secondary N) is 2. The Morgan fingerprint density at radius 1 is 1.45 bits per heavy atom. The van der Waals surface area contributed by atoms with Gasteiger partial charge in [-0.2, -0.15) is 5.10 Å². The summed E-state index contributed by atoms with van der Waals surface area (Å²) in [6, 6.07) is -0.326. The van der Waals surface area contributed by atoms with E-state index in [2.05, 4.69) is 15.7 Å². The van der Waals surface area contributed by atoms with Gasteiger partial charge in [-0.05, 0) is 33.6 Å². The predicted octanol–water partition coefficient (Wildman–Crippen LogP) is 2.05. The van der Waals surface area contributed by atoms with Crippen LogP contribution in [0.25, 0.3) is 0 Å². The molecule has 0 bridgehead atoms. The lowest BCUT2D eigenvalue weighted by molar-refractivity contribution is 0.0170. The van der Waals surface area contributed by atoms with Crippen molar-refractivity contribution < 1.29 is 9.90 Å². The highest BCUT2D eigenvalue weighted by Crippen LogP contribution is 2.19. The molecule has 1 atom stereocenters. The van der Waals surface area contributed by atoms with E-state index >= 15 is 0 Å². The van der Waals surface area contributed by atoms with Gasteiger partial charge in [0.1, 0.15) is 0 Å². The van der Waals surface area contributed by atoms with Gasteiger partial charge < -0.3 is 15.7 Å². The highest BCUT2D eigenvalue weighted by molar-refractivity contribution is 5.90. The first-order valence-corrected chi connectivity index (χ1v) is 7.00. The normalized spacial score (nSPS) is 14.2. The van der Waals surface area contributed by atoms with Gasteiger partial charge in [-0.25, -0.2) is 4.79 Å². The Bertz CT molecular complexity index is 478. The molecule has 0 aliphatic heterocycles. The Hall–Kier alpha value is -1.56. The number of carbonyl (C=O) groups excluding carboxylic acids is 1. The Morgan fingerprint density at radius 3 is 2.50 bits per heavy atom. The van der Waals surface area contributed by atoms with Crippen molar-refractivity contribution in [2.75, 3.05) is 11.9 Å². The van der Waals surface area contributed by atoms with Crippen molar-refractivity contribution in [2.45, 2.75) is 53.7 Å². The number of carbonyl (C=O) groups is 1. The molecular weight excluding hydrogens is 256 g/mol. The van der Waals surface area contributed by atoms with Gasteiger partial charge >= 0.3 is 6.03 Å². The van der Waals surface area contributed by atoms with Crippen LogP contribution < -0.4 is 10.6 Å². The number of anilines is 1. The van der Waals surface area contributed by atoms with E-state index in [1.165, 1.54) is 0 Å². The van der Waals surface area contributed by atoms with Gasteiger partial charge in [0, 0.05) is 13.1 Å². The van der Waals surface area contributed by atoms with Crippen LogP contribution in [0.5, 0.6) is 0 Å². The van der Waals surface area contributed by atoms with Crippen molar-refractivity contribution in [1.29, 1.82) is 0 Å². The second-order valence-electron chi connectivity index (χ2n) is 5.68. The smallest absolute Gasteiger partial charge is 0.319 e. The van der Waals surface area contributed by atoms with Gasteiger partial charge in [0.2, 0.25) is 0 Å². The molecule has 2 amide bonds. The molecule has 114 valence electrons. The van der Waals surface area contributed by atoms with Crippen LogP contribution in [0.15, 0.2) is 0 Å². The van der Waals surface area contributed by atoms with Crippen molar-refractivity contribution >= 4 is 11.7 Å². The van der Waals surface area contributed by atoms with E-state index < -0.39 is 5.60 Å². The first-order valence-electron chi connectivity index (χ1n) is 7.00. The third-order valence-corrected chi connectivity index (χ3v) is 3.77. The largest absolute Gasteiger partial charge is 0.388 e. The molecule has 0 fully saturated rings. The summed E-state index contributed by atoms with van der Waals surface area (Å²) in [6.07, 6.45) is 0. The molecule has 0 aliphatic rings. The van der Waals surface area contributed by atoms with Crippen LogP contribution in [0.2, 0.25) is 0 Å². The molecule has 1 rings (SSSR count). The fraction of sp³-hybridized carbons (Fsp3) is 0.714. The van der Waals surface area contributed by atoms with E-state index in [0.29, 0.717) is 0 Å². The molecule has 0 aromatic carbocycles. The molecule has 0 saturated heterocycles. The lowest BCUT2D eigenvalue weighted by Crippen LogP contribution is -2.45. The van der Waals surface area contributed by atoms with Crippen LogP contribution in [0.1, 0.15) is 39.1 Å². The van der Waals surface area contributed by atoms with Crippen LogP contribution in [0, 0.1) is 19.8 Å². The summed E-state index contributed by atoms with van der Waals surface area (Å²) in [5.74, 6) is 0.0640. The molecule has 1 aromatic rings. The topological polar surface area (TPSA) is 79.2 Å². The average molecular weight is 282 g/mol. The molecule has 1 heterocycles. The molecule has 0 spiro atoms. The van der Waals surface area contributed by atoms with Crippen molar-refractivity contribution in [1.82, 2.24) is 15.1 Å². The van der Waals surface area contributed by atoms with Crippen molar-refractivity contribution in [3.05, 3.63) is 11.4 Å². The number of aromatic nitrogens is 2. The zero-order valence-electron chi connectivity index (χ0n) is 13.2. The maximum Gasteiger partial charge on any atom is 0.319 e. The molecule has 3 N–H and O–H groups in total. The zero-order valence-corrected chi connectivity index (χ0v) is 13.2. The van der Waals surface area contributed by atoms with Crippen LogP contribution in [0.4, 0.5) is 10.5 Å². The van der Waals surface area contributed by atoms with Crippen LogP contribution in [-0.4, -0.2) is 33.1 Å². The average Bonchev–Trinajstić information content (AvgIpc) is 2.63. The van der Waals surface area contributed by atoms with Gasteiger partial charge in [0.05, 0.1) is 22.7 Å². The summed E-state index contributed by atoms with van der Waals surface area (Å²) in [6.45, 7) is 12.3. The summed E-state index contributed by atoms with van der Waals surface area (Å²) >= 11 is 0. The van der Waals surface area contributed by atoms with Gasteiger partial charge in [0.15, 0.2) is 0 Å². The Kier molecular flexibility index (Phi) is 5.16. The van der Waals surface area contributed by atoms with Gasteiger partial charge in [-0.3, -0.25) is 4.68 Å². The van der Waals surface area contributed by atoms with Crippen molar-refractivity contribution in [2.24, 2.45) is 5.92 Å². The monoisotopic (exact) mass is 282 g/mol. The van der Waals surface area contributed by atoms with Crippen LogP contribution >= 0.6 is 0 Å². The number of rotatable bonds is 5. The Labute approximate surface area is 120 Å². The Balaban J connectivity index is 2.66. The third kappa shape index (κ3) is 3.72. The third-order valence-electron chi connectivity index (χ3n) is 3.77. The van der Waals surface area contributed by atoms with Gasteiger partial charge in [-0.15, -0.1) is 0 Å². The molecule has 0 saturated carbocycles. The quantitative estimate of drug-likeness (QED) is 0.773. The first kappa shape index (κ1) is 16.5. The molecule has 6 heteroatoms. The van der Waals surface area contributed by atoms with Gasteiger partial charge in [0.25, 0.3) is 0 Å². The van der Waals surface area contributed by atoms with E-state index in [4.69, 9.17) is 0 Å². The second-order valence-corrected chi connectivity index (χ2v) is 5.68. The Morgan fingerprint density at radius 2 is 2.05 bits per heavy atom. The first-order chi connectivity index (χ1) is 9.19. The van der Waals surface area contributed by atoms with Crippen molar-refractivity contribution in [3.8, 4) is 0 Å². The number of amides is 2. The minimum atomic E-state index is -0.922. The minimum Gasteiger partial charge on any atom is -0.388 e. The summed E-state index contributed by atoms with van der Waals surface area (Å²) in [5, 5.41) is 19.9. The lowest BCUT2D eigenvalue weighted by Gasteiger charge is -2.27. The molecule has 0 aliphatic carbocycles. The summed E-state index contributed by atoms with van der Waals surface area (Å²) in [4.78, 5) is 11.9.